The van der Waals surface area contributed by atoms with Crippen LogP contribution in [0.3, 0.4) is 0 Å². The zero-order chi connectivity index (χ0) is 12.8. The Labute approximate surface area is 117 Å². The van der Waals surface area contributed by atoms with E-state index in [2.05, 4.69) is 43.0 Å². The zero-order valence-electron chi connectivity index (χ0n) is 9.84. The average molecular weight is 310 g/mol. The molecule has 3 heterocycles. The van der Waals surface area contributed by atoms with Gasteiger partial charge in [0.05, 0.1) is 16.6 Å². The molecule has 0 bridgehead atoms. The molecule has 19 heavy (non-hydrogen) atoms. The van der Waals surface area contributed by atoms with Gasteiger partial charge in [-0.3, -0.25) is 9.97 Å². The monoisotopic (exact) mass is 309 g/mol. The van der Waals surface area contributed by atoms with E-state index in [1.54, 1.807) is 12.4 Å². The number of nitrogens with zero attached hydrogens (tertiary/aromatic N) is 3. The molecule has 0 N–H and O–H groups in total. The van der Waals surface area contributed by atoms with Gasteiger partial charge in [-0.1, -0.05) is 0 Å². The van der Waals surface area contributed by atoms with Gasteiger partial charge < -0.3 is 0 Å². The van der Waals surface area contributed by atoms with Crippen LogP contribution in [0.15, 0.2) is 53.4 Å². The van der Waals surface area contributed by atoms with E-state index in [1.807, 2.05) is 24.3 Å². The fourth-order valence-electron chi connectivity index (χ4n) is 2.45. The van der Waals surface area contributed by atoms with Crippen molar-refractivity contribution in [2.45, 2.75) is 0 Å². The number of hydrogen-bond acceptors (Lipinski definition) is 3. The highest BCUT2D eigenvalue weighted by Gasteiger charge is 2.10. The minimum Gasteiger partial charge on any atom is -0.255 e. The maximum absolute atomic E-state index is 4.59. The smallest absolute Gasteiger partial charge is 0.106 e. The van der Waals surface area contributed by atoms with Crippen molar-refractivity contribution in [3.8, 4) is 0 Å². The van der Waals surface area contributed by atoms with Gasteiger partial charge in [-0.15, -0.1) is 0 Å². The van der Waals surface area contributed by atoms with Gasteiger partial charge in [-0.05, 0) is 52.3 Å². The maximum Gasteiger partial charge on any atom is 0.106 e. The number of rotatable bonds is 0. The van der Waals surface area contributed by atoms with Crippen LogP contribution in [0.1, 0.15) is 0 Å². The highest BCUT2D eigenvalue weighted by atomic mass is 79.9. The van der Waals surface area contributed by atoms with E-state index >= 15 is 0 Å². The second-order valence-corrected chi connectivity index (χ2v) is 5.14. The topological polar surface area (TPSA) is 38.7 Å². The molecule has 90 valence electrons. The molecular weight excluding hydrogens is 302 g/mol. The summed E-state index contributed by atoms with van der Waals surface area (Å²) in [4.78, 5) is 13.6. The Morgan fingerprint density at radius 3 is 1.95 bits per heavy atom. The zero-order valence-corrected chi connectivity index (χ0v) is 11.4. The van der Waals surface area contributed by atoms with Gasteiger partial charge in [0.15, 0.2) is 0 Å². The minimum atomic E-state index is 0.820. The second-order valence-electron chi connectivity index (χ2n) is 4.33. The molecule has 0 amide bonds. The highest BCUT2D eigenvalue weighted by molar-refractivity contribution is 9.10. The van der Waals surface area contributed by atoms with E-state index in [0.717, 1.165) is 37.3 Å². The van der Waals surface area contributed by atoms with Crippen molar-refractivity contribution in [3.63, 3.8) is 0 Å². The first-order chi connectivity index (χ1) is 9.34. The van der Waals surface area contributed by atoms with Crippen molar-refractivity contribution in [2.75, 3.05) is 0 Å². The SMILES string of the molecule is Brc1ccc2c3ncccc3c3ncccc3c2n1. The highest BCUT2D eigenvalue weighted by Crippen LogP contribution is 2.32. The molecule has 0 saturated heterocycles. The van der Waals surface area contributed by atoms with Crippen LogP contribution in [0.4, 0.5) is 0 Å². The van der Waals surface area contributed by atoms with E-state index < -0.39 is 0 Å². The lowest BCUT2D eigenvalue weighted by molar-refractivity contribution is 1.35. The van der Waals surface area contributed by atoms with Crippen molar-refractivity contribution < 1.29 is 0 Å². The molecule has 0 fully saturated rings. The Kier molecular flexibility index (Phi) is 2.26. The second kappa shape index (κ2) is 3.96. The Balaban J connectivity index is 2.43. The largest absolute Gasteiger partial charge is 0.255 e. The lowest BCUT2D eigenvalue weighted by Crippen LogP contribution is -1.89. The van der Waals surface area contributed by atoms with Crippen molar-refractivity contribution in [2.24, 2.45) is 0 Å². The third-order valence-corrected chi connectivity index (χ3v) is 3.68. The molecule has 0 unspecified atom stereocenters. The Morgan fingerprint density at radius 2 is 1.26 bits per heavy atom. The van der Waals surface area contributed by atoms with Crippen LogP contribution in [0.25, 0.3) is 32.7 Å². The lowest BCUT2D eigenvalue weighted by atomic mass is 10.0. The summed E-state index contributed by atoms with van der Waals surface area (Å²) in [5.74, 6) is 0. The van der Waals surface area contributed by atoms with E-state index in [-0.39, 0.29) is 0 Å². The standard InChI is InChI=1S/C15H8BrN3/c16-12-6-5-11-14-9(3-1-7-18-14)13-10(15(11)19-12)4-2-8-17-13/h1-8H. The van der Waals surface area contributed by atoms with E-state index in [9.17, 15) is 0 Å². The number of hydrogen-bond donors (Lipinski definition) is 0. The van der Waals surface area contributed by atoms with Crippen molar-refractivity contribution >= 4 is 48.6 Å². The molecule has 0 aliphatic rings. The molecule has 3 aromatic heterocycles. The Morgan fingerprint density at radius 1 is 0.684 bits per heavy atom. The summed E-state index contributed by atoms with van der Waals surface area (Å²) in [5, 5.41) is 3.17. The molecule has 0 aliphatic heterocycles. The van der Waals surface area contributed by atoms with E-state index in [4.69, 9.17) is 0 Å². The van der Waals surface area contributed by atoms with Gasteiger partial charge in [0.25, 0.3) is 0 Å². The summed E-state index contributed by atoms with van der Waals surface area (Å²) in [5.41, 5.74) is 2.83. The van der Waals surface area contributed by atoms with Gasteiger partial charge in [0.2, 0.25) is 0 Å². The number of aromatic nitrogens is 3. The van der Waals surface area contributed by atoms with Crippen molar-refractivity contribution in [1.29, 1.82) is 0 Å². The van der Waals surface area contributed by atoms with E-state index in [0.29, 0.717) is 0 Å². The third-order valence-electron chi connectivity index (χ3n) is 3.24. The number of benzene rings is 1. The first-order valence-corrected chi connectivity index (χ1v) is 6.71. The predicted octanol–water partition coefficient (Wildman–Crippen LogP) is 4.09. The number of pyridine rings is 3. The summed E-state index contributed by atoms with van der Waals surface area (Å²) in [7, 11) is 0. The molecule has 0 atom stereocenters. The summed E-state index contributed by atoms with van der Waals surface area (Å²) in [6, 6.07) is 12.0. The Bertz CT molecular complexity index is 899. The third kappa shape index (κ3) is 1.53. The van der Waals surface area contributed by atoms with Crippen LogP contribution < -0.4 is 0 Å². The van der Waals surface area contributed by atoms with Crippen LogP contribution in [0.2, 0.25) is 0 Å². The predicted molar refractivity (Wildman–Crippen MR) is 80.0 cm³/mol. The molecular formula is C15H8BrN3. The fraction of sp³-hybridized carbons (Fsp3) is 0. The molecule has 4 heteroatoms. The molecule has 0 spiro atoms. The minimum absolute atomic E-state index is 0.820. The summed E-state index contributed by atoms with van der Waals surface area (Å²) < 4.78 is 0.820. The first-order valence-electron chi connectivity index (χ1n) is 5.92. The fourth-order valence-corrected chi connectivity index (χ4v) is 2.76. The van der Waals surface area contributed by atoms with Gasteiger partial charge in [-0.2, -0.15) is 0 Å². The van der Waals surface area contributed by atoms with Crippen molar-refractivity contribution in [3.05, 3.63) is 53.4 Å². The summed E-state index contributed by atoms with van der Waals surface area (Å²) in [6.07, 6.45) is 3.61. The molecule has 1 aromatic carbocycles. The van der Waals surface area contributed by atoms with Crippen LogP contribution in [-0.4, -0.2) is 15.0 Å². The van der Waals surface area contributed by atoms with Gasteiger partial charge in [0, 0.05) is 28.6 Å². The van der Waals surface area contributed by atoms with E-state index in [1.165, 1.54) is 0 Å². The summed E-state index contributed by atoms with van der Waals surface area (Å²) in [6.45, 7) is 0. The van der Waals surface area contributed by atoms with Gasteiger partial charge >= 0.3 is 0 Å². The molecule has 0 radical (unpaired) electrons. The van der Waals surface area contributed by atoms with Crippen LogP contribution in [-0.2, 0) is 0 Å². The Hall–Kier alpha value is -2.07. The molecule has 0 saturated carbocycles. The molecule has 4 rings (SSSR count). The average Bonchev–Trinajstić information content (AvgIpc) is 2.47. The summed E-state index contributed by atoms with van der Waals surface area (Å²) >= 11 is 3.43. The van der Waals surface area contributed by atoms with Crippen molar-refractivity contribution in [1.82, 2.24) is 15.0 Å². The van der Waals surface area contributed by atoms with Gasteiger partial charge in [0.1, 0.15) is 4.60 Å². The first kappa shape index (κ1) is 10.8. The number of fused-ring (bicyclic) bond motifs is 6. The number of halogens is 1. The van der Waals surface area contributed by atoms with Gasteiger partial charge in [-0.25, -0.2) is 4.98 Å². The quantitative estimate of drug-likeness (QED) is 0.363. The van der Waals surface area contributed by atoms with Crippen LogP contribution >= 0.6 is 15.9 Å². The van der Waals surface area contributed by atoms with Crippen LogP contribution in [0.5, 0.6) is 0 Å². The maximum atomic E-state index is 4.59. The normalized spacial score (nSPS) is 11.4. The molecule has 0 aliphatic carbocycles. The van der Waals surface area contributed by atoms with Crippen LogP contribution in [0, 0.1) is 0 Å². The lowest BCUT2D eigenvalue weighted by Gasteiger charge is -2.07. The molecule has 3 nitrogen and oxygen atoms in total. The molecule has 4 aromatic rings.